The number of hydrogen-bond donors (Lipinski definition) is 0. The van der Waals surface area contributed by atoms with Crippen molar-refractivity contribution in [3.05, 3.63) is 40.4 Å². The fraction of sp³-hybridized carbons (Fsp3) is 0.571. The Labute approximate surface area is 159 Å². The summed E-state index contributed by atoms with van der Waals surface area (Å²) in [4.78, 5) is 34.6. The standard InChI is InChI=1S/C21H28N4O2/c1-4-24-19(22-18-8-6-5-7-17(18)21(24)27)15(3)23-11-12-25(14(2)13-23)20(26)16-9-10-16/h5-8,14-16H,4,9-13H2,1-3H3. The highest BCUT2D eigenvalue weighted by atomic mass is 16.2. The van der Waals surface area contributed by atoms with Crippen LogP contribution in [-0.2, 0) is 11.3 Å². The molecule has 0 bridgehead atoms. The average Bonchev–Trinajstić information content (AvgIpc) is 3.52. The molecule has 1 aromatic heterocycles. The summed E-state index contributed by atoms with van der Waals surface area (Å²) in [5.74, 6) is 1.41. The summed E-state index contributed by atoms with van der Waals surface area (Å²) in [6.07, 6.45) is 2.10. The zero-order valence-corrected chi connectivity index (χ0v) is 16.4. The molecule has 1 saturated heterocycles. The van der Waals surface area contributed by atoms with E-state index < -0.39 is 0 Å². The van der Waals surface area contributed by atoms with Crippen molar-refractivity contribution in [2.45, 2.75) is 52.2 Å². The first kappa shape index (κ1) is 18.2. The molecule has 6 heteroatoms. The molecule has 1 aliphatic carbocycles. The van der Waals surface area contributed by atoms with Gasteiger partial charge in [0.1, 0.15) is 5.82 Å². The zero-order chi connectivity index (χ0) is 19.1. The van der Waals surface area contributed by atoms with Gasteiger partial charge in [-0.05, 0) is 45.7 Å². The second-order valence-electron chi connectivity index (χ2n) is 7.86. The highest BCUT2D eigenvalue weighted by Gasteiger charge is 2.38. The average molecular weight is 368 g/mol. The van der Waals surface area contributed by atoms with Crippen molar-refractivity contribution in [1.29, 1.82) is 0 Å². The highest BCUT2D eigenvalue weighted by Crippen LogP contribution is 2.33. The van der Waals surface area contributed by atoms with Crippen molar-refractivity contribution < 1.29 is 4.79 Å². The Hall–Kier alpha value is -2.21. The molecule has 4 rings (SSSR count). The van der Waals surface area contributed by atoms with Crippen LogP contribution in [0.5, 0.6) is 0 Å². The number of fused-ring (bicyclic) bond motifs is 1. The van der Waals surface area contributed by atoms with E-state index in [-0.39, 0.29) is 23.6 Å². The molecule has 0 N–H and O–H groups in total. The third-order valence-electron chi connectivity index (χ3n) is 6.00. The van der Waals surface area contributed by atoms with E-state index in [1.54, 1.807) is 4.57 Å². The minimum absolute atomic E-state index is 0.0283. The van der Waals surface area contributed by atoms with E-state index in [0.29, 0.717) is 17.8 Å². The minimum atomic E-state index is 0.0283. The molecule has 2 fully saturated rings. The van der Waals surface area contributed by atoms with Gasteiger partial charge in [-0.25, -0.2) is 4.98 Å². The van der Waals surface area contributed by atoms with Gasteiger partial charge in [-0.15, -0.1) is 0 Å². The number of rotatable bonds is 4. The first-order valence-corrected chi connectivity index (χ1v) is 10.0. The lowest BCUT2D eigenvalue weighted by atomic mass is 10.1. The predicted octanol–water partition coefficient (Wildman–Crippen LogP) is 2.42. The van der Waals surface area contributed by atoms with Crippen LogP contribution in [0, 0.1) is 5.92 Å². The number of piperazine rings is 1. The molecule has 0 radical (unpaired) electrons. The van der Waals surface area contributed by atoms with Gasteiger partial charge >= 0.3 is 0 Å². The molecular weight excluding hydrogens is 340 g/mol. The number of amides is 1. The van der Waals surface area contributed by atoms with Gasteiger partial charge in [0.25, 0.3) is 5.56 Å². The summed E-state index contributed by atoms with van der Waals surface area (Å²) in [6, 6.07) is 7.77. The Morgan fingerprint density at radius 2 is 2.00 bits per heavy atom. The van der Waals surface area contributed by atoms with E-state index in [4.69, 9.17) is 4.98 Å². The lowest BCUT2D eigenvalue weighted by molar-refractivity contribution is -0.137. The number of para-hydroxylation sites is 1. The lowest BCUT2D eigenvalue weighted by Crippen LogP contribution is -2.55. The Morgan fingerprint density at radius 3 is 2.67 bits per heavy atom. The van der Waals surface area contributed by atoms with Crippen molar-refractivity contribution >= 4 is 16.8 Å². The fourth-order valence-corrected chi connectivity index (χ4v) is 4.20. The molecule has 2 aliphatic rings. The second kappa shape index (κ2) is 7.08. The van der Waals surface area contributed by atoms with E-state index >= 15 is 0 Å². The van der Waals surface area contributed by atoms with Gasteiger partial charge in [0.15, 0.2) is 0 Å². The number of benzene rings is 1. The first-order chi connectivity index (χ1) is 13.0. The molecule has 1 aromatic carbocycles. The van der Waals surface area contributed by atoms with Crippen LogP contribution in [0.3, 0.4) is 0 Å². The third-order valence-corrected chi connectivity index (χ3v) is 6.00. The summed E-state index contributed by atoms with van der Waals surface area (Å²) in [7, 11) is 0. The highest BCUT2D eigenvalue weighted by molar-refractivity contribution is 5.81. The van der Waals surface area contributed by atoms with Crippen LogP contribution >= 0.6 is 0 Å². The molecule has 2 atom stereocenters. The Kier molecular flexibility index (Phi) is 4.76. The molecule has 144 valence electrons. The zero-order valence-electron chi connectivity index (χ0n) is 16.4. The summed E-state index contributed by atoms with van der Waals surface area (Å²) in [6.45, 7) is 9.22. The normalized spacial score (nSPS) is 22.2. The summed E-state index contributed by atoms with van der Waals surface area (Å²) in [5, 5.41) is 0.670. The van der Waals surface area contributed by atoms with Crippen molar-refractivity contribution in [3.63, 3.8) is 0 Å². The van der Waals surface area contributed by atoms with Crippen LogP contribution < -0.4 is 5.56 Å². The fourth-order valence-electron chi connectivity index (χ4n) is 4.20. The second-order valence-corrected chi connectivity index (χ2v) is 7.86. The minimum Gasteiger partial charge on any atom is -0.337 e. The molecule has 1 amide bonds. The Morgan fingerprint density at radius 1 is 1.26 bits per heavy atom. The van der Waals surface area contributed by atoms with Crippen molar-refractivity contribution in [2.75, 3.05) is 19.6 Å². The van der Waals surface area contributed by atoms with Gasteiger partial charge in [-0.1, -0.05) is 12.1 Å². The summed E-state index contributed by atoms with van der Waals surface area (Å²) >= 11 is 0. The topological polar surface area (TPSA) is 58.4 Å². The van der Waals surface area contributed by atoms with Crippen LogP contribution in [0.15, 0.2) is 29.1 Å². The molecule has 0 spiro atoms. The number of nitrogens with zero attached hydrogens (tertiary/aromatic N) is 4. The van der Waals surface area contributed by atoms with Gasteiger partial charge in [-0.2, -0.15) is 0 Å². The largest absolute Gasteiger partial charge is 0.337 e. The monoisotopic (exact) mass is 368 g/mol. The van der Waals surface area contributed by atoms with Crippen LogP contribution in [0.2, 0.25) is 0 Å². The van der Waals surface area contributed by atoms with Crippen LogP contribution in [0.1, 0.15) is 45.5 Å². The van der Waals surface area contributed by atoms with Gasteiger partial charge in [0, 0.05) is 38.1 Å². The molecule has 2 heterocycles. The lowest BCUT2D eigenvalue weighted by Gasteiger charge is -2.42. The van der Waals surface area contributed by atoms with Crippen LogP contribution in [0.4, 0.5) is 0 Å². The number of aromatic nitrogens is 2. The van der Waals surface area contributed by atoms with E-state index in [1.165, 1.54) is 0 Å². The molecule has 6 nitrogen and oxygen atoms in total. The van der Waals surface area contributed by atoms with Gasteiger partial charge < -0.3 is 4.90 Å². The van der Waals surface area contributed by atoms with Crippen LogP contribution in [0.25, 0.3) is 10.9 Å². The first-order valence-electron chi connectivity index (χ1n) is 10.0. The maximum absolute atomic E-state index is 12.9. The van der Waals surface area contributed by atoms with Crippen molar-refractivity contribution in [3.8, 4) is 0 Å². The Bertz CT molecular complexity index is 918. The summed E-state index contributed by atoms with van der Waals surface area (Å²) in [5.41, 5.74) is 0.783. The number of carbonyl (C=O) groups excluding carboxylic acids is 1. The van der Waals surface area contributed by atoms with Crippen molar-refractivity contribution in [2.24, 2.45) is 5.92 Å². The quantitative estimate of drug-likeness (QED) is 0.832. The Balaban J connectivity index is 1.60. The maximum Gasteiger partial charge on any atom is 0.261 e. The molecule has 27 heavy (non-hydrogen) atoms. The van der Waals surface area contributed by atoms with Crippen LogP contribution in [-0.4, -0.2) is 50.9 Å². The van der Waals surface area contributed by atoms with E-state index in [2.05, 4.69) is 18.7 Å². The van der Waals surface area contributed by atoms with E-state index in [1.807, 2.05) is 36.1 Å². The van der Waals surface area contributed by atoms with Gasteiger partial charge in [-0.3, -0.25) is 19.1 Å². The van der Waals surface area contributed by atoms with Gasteiger partial charge in [0.2, 0.25) is 5.91 Å². The predicted molar refractivity (Wildman–Crippen MR) is 106 cm³/mol. The third kappa shape index (κ3) is 3.27. The van der Waals surface area contributed by atoms with E-state index in [0.717, 1.165) is 43.8 Å². The molecular formula is C21H28N4O2. The maximum atomic E-state index is 12.9. The number of carbonyl (C=O) groups is 1. The van der Waals surface area contributed by atoms with E-state index in [9.17, 15) is 9.59 Å². The summed E-state index contributed by atoms with van der Waals surface area (Å²) < 4.78 is 1.79. The molecule has 1 saturated carbocycles. The SMILES string of the molecule is CCn1c(C(C)N2CCN(C(=O)C3CC3)C(C)C2)nc2ccccc2c1=O. The van der Waals surface area contributed by atoms with Crippen molar-refractivity contribution in [1.82, 2.24) is 19.4 Å². The number of hydrogen-bond acceptors (Lipinski definition) is 4. The smallest absolute Gasteiger partial charge is 0.261 e. The molecule has 2 unspecified atom stereocenters. The molecule has 1 aliphatic heterocycles. The van der Waals surface area contributed by atoms with Gasteiger partial charge in [0.05, 0.1) is 16.9 Å². The molecule has 2 aromatic rings.